The number of halogens is 3. The van der Waals surface area contributed by atoms with Crippen molar-refractivity contribution in [3.05, 3.63) is 34.4 Å². The molecule has 1 N–H and O–H groups in total. The summed E-state index contributed by atoms with van der Waals surface area (Å²) in [4.78, 5) is 11.5. The quantitative estimate of drug-likeness (QED) is 0.502. The maximum atomic E-state index is 13.3. The van der Waals surface area contributed by atoms with E-state index in [0.29, 0.717) is 19.4 Å². The van der Waals surface area contributed by atoms with Crippen LogP contribution < -0.4 is 5.32 Å². The zero-order valence-electron chi connectivity index (χ0n) is 8.90. The van der Waals surface area contributed by atoms with E-state index in [0.717, 1.165) is 12.1 Å². The second-order valence-electron chi connectivity index (χ2n) is 3.31. The Bertz CT molecular complexity index is 468. The second-order valence-corrected chi connectivity index (χ2v) is 3.72. The van der Waals surface area contributed by atoms with Crippen molar-refractivity contribution in [3.8, 4) is 12.3 Å². The number of hydrogen-bond acceptors (Lipinski definition) is 1. The Morgan fingerprint density at radius 2 is 2.12 bits per heavy atom. The van der Waals surface area contributed by atoms with Crippen LogP contribution in [0, 0.1) is 24.0 Å². The minimum atomic E-state index is -0.856. The van der Waals surface area contributed by atoms with Crippen molar-refractivity contribution in [1.82, 2.24) is 5.32 Å². The molecule has 17 heavy (non-hydrogen) atoms. The lowest BCUT2D eigenvalue weighted by atomic mass is 10.2. The van der Waals surface area contributed by atoms with Crippen molar-refractivity contribution in [2.24, 2.45) is 0 Å². The van der Waals surface area contributed by atoms with Gasteiger partial charge in [0.05, 0.1) is 10.6 Å². The maximum absolute atomic E-state index is 13.3. The average Bonchev–Trinajstić information content (AvgIpc) is 2.29. The molecule has 0 bridgehead atoms. The Morgan fingerprint density at radius 3 is 2.76 bits per heavy atom. The summed E-state index contributed by atoms with van der Waals surface area (Å²) in [5.41, 5.74) is -0.368. The Morgan fingerprint density at radius 1 is 1.41 bits per heavy atom. The van der Waals surface area contributed by atoms with Gasteiger partial charge in [-0.2, -0.15) is 0 Å². The van der Waals surface area contributed by atoms with E-state index >= 15 is 0 Å². The number of carbonyl (C=O) groups is 1. The summed E-state index contributed by atoms with van der Waals surface area (Å²) >= 11 is 5.37. The third-order valence-corrected chi connectivity index (χ3v) is 2.33. The minimum absolute atomic E-state index is 0.312. The van der Waals surface area contributed by atoms with Crippen LogP contribution in [0.4, 0.5) is 8.78 Å². The van der Waals surface area contributed by atoms with E-state index in [1.54, 1.807) is 0 Å². The fourth-order valence-corrected chi connectivity index (χ4v) is 1.33. The molecule has 1 amide bonds. The smallest absolute Gasteiger partial charge is 0.254 e. The lowest BCUT2D eigenvalue weighted by molar-refractivity contribution is 0.0949. The van der Waals surface area contributed by atoms with Crippen molar-refractivity contribution in [1.29, 1.82) is 0 Å². The summed E-state index contributed by atoms with van der Waals surface area (Å²) in [5, 5.41) is 2.08. The van der Waals surface area contributed by atoms with Gasteiger partial charge in [-0.25, -0.2) is 8.78 Å². The zero-order chi connectivity index (χ0) is 12.8. The molecule has 0 fully saturated rings. The average molecular weight is 258 g/mol. The van der Waals surface area contributed by atoms with E-state index in [-0.39, 0.29) is 10.6 Å². The molecule has 90 valence electrons. The van der Waals surface area contributed by atoms with Crippen molar-refractivity contribution in [2.75, 3.05) is 6.54 Å². The lowest BCUT2D eigenvalue weighted by Crippen LogP contribution is -2.25. The predicted octanol–water partition coefficient (Wildman–Crippen LogP) is 2.76. The summed E-state index contributed by atoms with van der Waals surface area (Å²) in [6.45, 7) is 0.312. The van der Waals surface area contributed by atoms with Crippen molar-refractivity contribution < 1.29 is 13.6 Å². The highest BCUT2D eigenvalue weighted by molar-refractivity contribution is 6.30. The first-order valence-corrected chi connectivity index (χ1v) is 5.30. The molecular formula is C12H10ClF2NO. The van der Waals surface area contributed by atoms with Crippen LogP contribution in [0.2, 0.25) is 5.02 Å². The molecule has 2 nitrogen and oxygen atoms in total. The summed E-state index contributed by atoms with van der Waals surface area (Å²) in [5.74, 6) is 0.0339. The number of amides is 1. The van der Waals surface area contributed by atoms with Crippen molar-refractivity contribution >= 4 is 17.5 Å². The molecule has 0 aliphatic heterocycles. The largest absolute Gasteiger partial charge is 0.352 e. The molecule has 0 radical (unpaired) electrons. The topological polar surface area (TPSA) is 29.1 Å². The number of unbranched alkanes of at least 4 members (excludes halogenated alkanes) is 1. The molecule has 0 spiro atoms. The number of rotatable bonds is 4. The van der Waals surface area contributed by atoms with Gasteiger partial charge in [0.2, 0.25) is 0 Å². The Hall–Kier alpha value is -1.60. The van der Waals surface area contributed by atoms with Gasteiger partial charge in [0.15, 0.2) is 0 Å². The number of hydrogen-bond donors (Lipinski definition) is 1. The molecule has 0 atom stereocenters. The van der Waals surface area contributed by atoms with Gasteiger partial charge in [0.1, 0.15) is 11.6 Å². The second kappa shape index (κ2) is 6.21. The molecule has 0 aromatic heterocycles. The van der Waals surface area contributed by atoms with Crippen LogP contribution in [-0.2, 0) is 0 Å². The van der Waals surface area contributed by atoms with Crippen LogP contribution in [-0.4, -0.2) is 12.5 Å². The molecule has 0 aliphatic carbocycles. The number of nitrogens with one attached hydrogen (secondary N) is 1. The van der Waals surface area contributed by atoms with E-state index < -0.39 is 17.5 Å². The van der Waals surface area contributed by atoms with Gasteiger partial charge in [0, 0.05) is 13.0 Å². The molecule has 0 heterocycles. The minimum Gasteiger partial charge on any atom is -0.352 e. The van der Waals surface area contributed by atoms with Crippen LogP contribution in [0.15, 0.2) is 12.1 Å². The van der Waals surface area contributed by atoms with Crippen LogP contribution in [0.5, 0.6) is 0 Å². The SMILES string of the molecule is C#CCCCNC(=O)c1cc(F)c(Cl)cc1F. The Kier molecular flexibility index (Phi) is 4.92. The summed E-state index contributed by atoms with van der Waals surface area (Å²) in [6, 6.07) is 1.54. The summed E-state index contributed by atoms with van der Waals surface area (Å²) in [6.07, 6.45) is 6.13. The van der Waals surface area contributed by atoms with Gasteiger partial charge >= 0.3 is 0 Å². The molecule has 0 saturated carbocycles. The van der Waals surface area contributed by atoms with E-state index in [1.807, 2.05) is 0 Å². The lowest BCUT2D eigenvalue weighted by Gasteiger charge is -2.06. The molecule has 1 rings (SSSR count). The van der Waals surface area contributed by atoms with Crippen LogP contribution >= 0.6 is 11.6 Å². The van der Waals surface area contributed by atoms with Crippen molar-refractivity contribution in [2.45, 2.75) is 12.8 Å². The third-order valence-electron chi connectivity index (χ3n) is 2.04. The Balaban J connectivity index is 2.70. The first-order valence-electron chi connectivity index (χ1n) is 4.92. The number of benzene rings is 1. The van der Waals surface area contributed by atoms with Crippen LogP contribution in [0.3, 0.4) is 0 Å². The highest BCUT2D eigenvalue weighted by atomic mass is 35.5. The molecule has 5 heteroatoms. The highest BCUT2D eigenvalue weighted by Crippen LogP contribution is 2.19. The number of terminal acetylenes is 1. The zero-order valence-corrected chi connectivity index (χ0v) is 9.65. The van der Waals surface area contributed by atoms with E-state index in [9.17, 15) is 13.6 Å². The van der Waals surface area contributed by atoms with Gasteiger partial charge in [0.25, 0.3) is 5.91 Å². The van der Waals surface area contributed by atoms with Crippen molar-refractivity contribution in [3.63, 3.8) is 0 Å². The first-order chi connectivity index (χ1) is 8.06. The van der Waals surface area contributed by atoms with Crippen LogP contribution in [0.1, 0.15) is 23.2 Å². The van der Waals surface area contributed by atoms with E-state index in [4.69, 9.17) is 18.0 Å². The van der Waals surface area contributed by atoms with Gasteiger partial charge in [-0.05, 0) is 18.6 Å². The first kappa shape index (κ1) is 13.5. The maximum Gasteiger partial charge on any atom is 0.254 e. The van der Waals surface area contributed by atoms with E-state index in [1.165, 1.54) is 0 Å². The highest BCUT2D eigenvalue weighted by Gasteiger charge is 2.14. The molecule has 0 aliphatic rings. The fourth-order valence-electron chi connectivity index (χ4n) is 1.18. The van der Waals surface area contributed by atoms with Gasteiger partial charge in [-0.15, -0.1) is 12.3 Å². The standard InChI is InChI=1S/C12H10ClF2NO/c1-2-3-4-5-16-12(17)8-6-11(15)9(13)7-10(8)14/h1,6-7H,3-5H2,(H,16,17). The fraction of sp³-hybridized carbons (Fsp3) is 0.250. The predicted molar refractivity (Wildman–Crippen MR) is 61.8 cm³/mol. The molecule has 0 saturated heterocycles. The summed E-state index contributed by atoms with van der Waals surface area (Å²) in [7, 11) is 0. The molecular weight excluding hydrogens is 248 g/mol. The van der Waals surface area contributed by atoms with Gasteiger partial charge in [-0.3, -0.25) is 4.79 Å². The van der Waals surface area contributed by atoms with E-state index in [2.05, 4.69) is 11.2 Å². The molecule has 1 aromatic rings. The van der Waals surface area contributed by atoms with Crippen LogP contribution in [0.25, 0.3) is 0 Å². The number of carbonyl (C=O) groups excluding carboxylic acids is 1. The summed E-state index contributed by atoms with van der Waals surface area (Å²) < 4.78 is 26.4. The van der Waals surface area contributed by atoms with Gasteiger partial charge in [-0.1, -0.05) is 11.6 Å². The molecule has 1 aromatic carbocycles. The normalized spacial score (nSPS) is 9.76. The Labute approximate surface area is 103 Å². The van der Waals surface area contributed by atoms with Gasteiger partial charge < -0.3 is 5.32 Å². The monoisotopic (exact) mass is 257 g/mol. The third kappa shape index (κ3) is 3.72. The molecule has 0 unspecified atom stereocenters.